The van der Waals surface area contributed by atoms with E-state index in [1.165, 1.54) is 5.56 Å². The van der Waals surface area contributed by atoms with Crippen molar-refractivity contribution in [1.29, 1.82) is 0 Å². The first-order chi connectivity index (χ1) is 14.6. The molecule has 0 bridgehead atoms. The Hall–Kier alpha value is -3.61. The van der Waals surface area contributed by atoms with Gasteiger partial charge in [-0.1, -0.05) is 0 Å². The summed E-state index contributed by atoms with van der Waals surface area (Å²) in [4.78, 5) is 24.9. The summed E-state index contributed by atoms with van der Waals surface area (Å²) < 4.78 is 1.89. The van der Waals surface area contributed by atoms with Gasteiger partial charge in [0, 0.05) is 72.4 Å². The zero-order valence-corrected chi connectivity index (χ0v) is 17.4. The molecule has 0 unspecified atom stereocenters. The van der Waals surface area contributed by atoms with E-state index in [0.717, 1.165) is 65.0 Å². The molecular weight excluding hydrogens is 374 g/mol. The average molecular weight is 397 g/mol. The first kappa shape index (κ1) is 18.4. The van der Waals surface area contributed by atoms with Gasteiger partial charge in [0.15, 0.2) is 0 Å². The molecule has 0 radical (unpaired) electrons. The average Bonchev–Trinajstić information content (AvgIpc) is 3.30. The van der Waals surface area contributed by atoms with Gasteiger partial charge in [0.05, 0.1) is 0 Å². The van der Waals surface area contributed by atoms with Crippen molar-refractivity contribution in [3.8, 4) is 16.9 Å². The summed E-state index contributed by atoms with van der Waals surface area (Å²) in [7, 11) is 0. The van der Waals surface area contributed by atoms with Gasteiger partial charge in [-0.2, -0.15) is 0 Å². The molecule has 4 aromatic rings. The summed E-state index contributed by atoms with van der Waals surface area (Å²) in [6.07, 6.45) is 10.1. The number of pyridine rings is 2. The molecule has 0 amide bonds. The van der Waals surface area contributed by atoms with E-state index in [-0.39, 0.29) is 0 Å². The third kappa shape index (κ3) is 3.32. The molecule has 7 nitrogen and oxygen atoms in total. The quantitative estimate of drug-likeness (QED) is 0.526. The highest BCUT2D eigenvalue weighted by atomic mass is 15.2. The van der Waals surface area contributed by atoms with Crippen molar-refractivity contribution in [2.24, 2.45) is 0 Å². The van der Waals surface area contributed by atoms with Crippen molar-refractivity contribution in [3.63, 3.8) is 0 Å². The maximum atomic E-state index is 4.75. The number of anilines is 1. The van der Waals surface area contributed by atoms with E-state index in [0.29, 0.717) is 0 Å². The molecule has 5 heterocycles. The molecular formula is C23H23N7. The Morgan fingerprint density at radius 3 is 2.60 bits per heavy atom. The maximum Gasteiger partial charge on any atom is 0.137 e. The highest BCUT2D eigenvalue weighted by molar-refractivity contribution is 5.64. The number of nitrogens with zero attached hydrogens (tertiary/aromatic N) is 7. The molecule has 0 aromatic carbocycles. The largest absolute Gasteiger partial charge is 0.351 e. The van der Waals surface area contributed by atoms with E-state index in [4.69, 9.17) is 9.97 Å². The van der Waals surface area contributed by atoms with Crippen molar-refractivity contribution >= 4 is 5.82 Å². The van der Waals surface area contributed by atoms with Crippen LogP contribution in [0.4, 0.5) is 5.82 Å². The van der Waals surface area contributed by atoms with Gasteiger partial charge in [-0.25, -0.2) is 19.9 Å². The van der Waals surface area contributed by atoms with Crippen molar-refractivity contribution in [3.05, 3.63) is 77.7 Å². The maximum absolute atomic E-state index is 4.75. The fraction of sp³-hybridized carbons (Fsp3) is 0.261. The molecule has 30 heavy (non-hydrogen) atoms. The molecule has 1 aliphatic rings. The zero-order chi connectivity index (χ0) is 20.7. The standard InChI is InChI=1S/C23H23N7/c1-15-16(2)27-17(3)28-23(15)29-8-6-21-20(13-29)10-19(12-25-21)18-4-5-22(26-11-18)30-9-7-24-14-30/h4-5,7,9-12,14H,6,8,13H2,1-3H3. The van der Waals surface area contributed by atoms with E-state index < -0.39 is 0 Å². The lowest BCUT2D eigenvalue weighted by Gasteiger charge is -2.31. The molecule has 150 valence electrons. The normalized spacial score (nSPS) is 13.4. The second kappa shape index (κ2) is 7.33. The molecule has 4 aromatic heterocycles. The highest BCUT2D eigenvalue weighted by Gasteiger charge is 2.21. The van der Waals surface area contributed by atoms with Gasteiger partial charge < -0.3 is 4.90 Å². The second-order valence-corrected chi connectivity index (χ2v) is 7.68. The molecule has 0 spiro atoms. The molecule has 0 N–H and O–H groups in total. The molecule has 0 saturated heterocycles. The van der Waals surface area contributed by atoms with Crippen LogP contribution in [0.15, 0.2) is 49.3 Å². The zero-order valence-electron chi connectivity index (χ0n) is 17.4. The Balaban J connectivity index is 1.44. The van der Waals surface area contributed by atoms with Gasteiger partial charge in [-0.3, -0.25) is 9.55 Å². The number of rotatable bonds is 3. The number of hydrogen-bond donors (Lipinski definition) is 0. The van der Waals surface area contributed by atoms with E-state index in [9.17, 15) is 0 Å². The lowest BCUT2D eigenvalue weighted by Crippen LogP contribution is -2.32. The monoisotopic (exact) mass is 397 g/mol. The molecule has 0 saturated carbocycles. The highest BCUT2D eigenvalue weighted by Crippen LogP contribution is 2.28. The Morgan fingerprint density at radius 1 is 0.967 bits per heavy atom. The summed E-state index contributed by atoms with van der Waals surface area (Å²) >= 11 is 0. The van der Waals surface area contributed by atoms with Gasteiger partial charge in [0.2, 0.25) is 0 Å². The van der Waals surface area contributed by atoms with Crippen molar-refractivity contribution in [2.45, 2.75) is 33.7 Å². The van der Waals surface area contributed by atoms with Crippen LogP contribution in [0.3, 0.4) is 0 Å². The van der Waals surface area contributed by atoms with Gasteiger partial charge in [0.1, 0.15) is 23.8 Å². The molecule has 5 rings (SSSR count). The first-order valence-corrected chi connectivity index (χ1v) is 10.1. The van der Waals surface area contributed by atoms with E-state index in [1.54, 1.807) is 12.5 Å². The molecule has 0 fully saturated rings. The summed E-state index contributed by atoms with van der Waals surface area (Å²) in [5.74, 6) is 2.69. The topological polar surface area (TPSA) is 72.6 Å². The fourth-order valence-corrected chi connectivity index (χ4v) is 3.93. The predicted molar refractivity (Wildman–Crippen MR) is 116 cm³/mol. The van der Waals surface area contributed by atoms with Gasteiger partial charge in [-0.15, -0.1) is 0 Å². The number of fused-ring (bicyclic) bond motifs is 1. The van der Waals surface area contributed by atoms with E-state index in [1.807, 2.05) is 43.1 Å². The second-order valence-electron chi connectivity index (χ2n) is 7.68. The van der Waals surface area contributed by atoms with Crippen molar-refractivity contribution in [2.75, 3.05) is 11.4 Å². The number of aromatic nitrogens is 6. The lowest BCUT2D eigenvalue weighted by molar-refractivity contribution is 0.696. The number of aryl methyl sites for hydroxylation is 2. The van der Waals surface area contributed by atoms with E-state index in [2.05, 4.69) is 38.9 Å². The Bertz CT molecular complexity index is 1200. The van der Waals surface area contributed by atoms with Crippen LogP contribution in [0, 0.1) is 20.8 Å². The van der Waals surface area contributed by atoms with Gasteiger partial charge >= 0.3 is 0 Å². The van der Waals surface area contributed by atoms with Gasteiger partial charge in [-0.05, 0) is 44.5 Å². The molecule has 0 atom stereocenters. The summed E-state index contributed by atoms with van der Waals surface area (Å²) in [5.41, 5.74) is 6.72. The fourth-order valence-electron chi connectivity index (χ4n) is 3.93. The summed E-state index contributed by atoms with van der Waals surface area (Å²) in [6.45, 7) is 7.81. The minimum Gasteiger partial charge on any atom is -0.351 e. The van der Waals surface area contributed by atoms with Crippen LogP contribution in [0.5, 0.6) is 0 Å². The molecule has 7 heteroatoms. The number of hydrogen-bond acceptors (Lipinski definition) is 6. The summed E-state index contributed by atoms with van der Waals surface area (Å²) in [6, 6.07) is 6.31. The predicted octanol–water partition coefficient (Wildman–Crippen LogP) is 3.61. The minimum atomic E-state index is 0.799. The third-order valence-corrected chi connectivity index (χ3v) is 5.66. The Kier molecular flexibility index (Phi) is 4.50. The first-order valence-electron chi connectivity index (χ1n) is 10.1. The molecule has 1 aliphatic heterocycles. The molecule has 0 aliphatic carbocycles. The van der Waals surface area contributed by atoms with Gasteiger partial charge in [0.25, 0.3) is 0 Å². The summed E-state index contributed by atoms with van der Waals surface area (Å²) in [5, 5.41) is 0. The van der Waals surface area contributed by atoms with Crippen LogP contribution in [0.1, 0.15) is 28.3 Å². The van der Waals surface area contributed by atoms with Crippen LogP contribution in [0.2, 0.25) is 0 Å². The van der Waals surface area contributed by atoms with Crippen LogP contribution >= 0.6 is 0 Å². The Labute approximate surface area is 175 Å². The van der Waals surface area contributed by atoms with Crippen LogP contribution in [-0.2, 0) is 13.0 Å². The Morgan fingerprint density at radius 2 is 1.83 bits per heavy atom. The van der Waals surface area contributed by atoms with Crippen LogP contribution < -0.4 is 4.90 Å². The SMILES string of the molecule is Cc1nc(C)c(C)c(N2CCc3ncc(-c4ccc(-n5ccnc5)nc4)cc3C2)n1. The lowest BCUT2D eigenvalue weighted by atomic mass is 10.0. The number of imidazole rings is 1. The van der Waals surface area contributed by atoms with Crippen molar-refractivity contribution in [1.82, 2.24) is 29.5 Å². The smallest absolute Gasteiger partial charge is 0.137 e. The van der Waals surface area contributed by atoms with Crippen molar-refractivity contribution < 1.29 is 0 Å². The minimum absolute atomic E-state index is 0.799. The van der Waals surface area contributed by atoms with E-state index >= 15 is 0 Å². The van der Waals surface area contributed by atoms with Crippen LogP contribution in [-0.4, -0.2) is 36.0 Å². The van der Waals surface area contributed by atoms with Crippen LogP contribution in [0.25, 0.3) is 16.9 Å². The third-order valence-electron chi connectivity index (χ3n) is 5.66.